The van der Waals surface area contributed by atoms with Crippen LogP contribution in [0.5, 0.6) is 0 Å². The summed E-state index contributed by atoms with van der Waals surface area (Å²) in [7, 11) is 0. The van der Waals surface area contributed by atoms with Gasteiger partial charge in [-0.2, -0.15) is 0 Å². The molecule has 1 aromatic carbocycles. The minimum atomic E-state index is -0.725. The van der Waals surface area contributed by atoms with Crippen LogP contribution in [0.3, 0.4) is 0 Å². The second kappa shape index (κ2) is 10.4. The van der Waals surface area contributed by atoms with E-state index < -0.39 is 5.97 Å². The van der Waals surface area contributed by atoms with E-state index in [9.17, 15) is 4.79 Å². The number of unbranched alkanes of at least 4 members (excludes halogenated alkanes) is 2. The highest BCUT2D eigenvalue weighted by Gasteiger charge is 2.39. The van der Waals surface area contributed by atoms with Crippen LogP contribution >= 0.6 is 0 Å². The zero-order chi connectivity index (χ0) is 26.8. The summed E-state index contributed by atoms with van der Waals surface area (Å²) in [5.41, 5.74) is 5.65. The quantitative estimate of drug-likeness (QED) is 0.391. The highest BCUT2D eigenvalue weighted by molar-refractivity contribution is 5.75. The number of allylic oxidation sites excluding steroid dienone is 3. The second-order valence-corrected chi connectivity index (χ2v) is 11.5. The number of benzene rings is 2. The lowest BCUT2D eigenvalue weighted by molar-refractivity contribution is -0.172. The minimum Gasteiger partial charge on any atom is -0.481 e. The molecule has 1 aliphatic carbocycles. The molecular formula is C32H39N2O3+. The molecule has 37 heavy (non-hydrogen) atoms. The van der Waals surface area contributed by atoms with E-state index in [1.54, 1.807) is 0 Å². The van der Waals surface area contributed by atoms with Crippen LogP contribution in [0.15, 0.2) is 70.8 Å². The van der Waals surface area contributed by atoms with E-state index in [0.717, 1.165) is 42.0 Å². The normalized spacial score (nSPS) is 16.1. The van der Waals surface area contributed by atoms with Crippen LogP contribution in [-0.4, -0.2) is 17.6 Å². The summed E-state index contributed by atoms with van der Waals surface area (Å²) < 4.78 is 6.22. The molecule has 3 aliphatic rings. The van der Waals surface area contributed by atoms with Crippen molar-refractivity contribution in [2.24, 2.45) is 0 Å². The third kappa shape index (κ3) is 5.71. The van der Waals surface area contributed by atoms with Gasteiger partial charge in [0, 0.05) is 46.8 Å². The standard InChI is InChI=1S/C32H38N2O3/c1-31(2,3)29-20-22(24-18-17-23(33)21-27(24)37-29)12-11-15-28-32(4,5)25-13-8-9-14-26(25)34(28)19-10-6-7-16-30(35)36/h8-9,11-15,17-18,20-21,33H,6-7,10,16,19H2,1-5H3,(H,35,36)/p+1/b12-11+,28-15+,33-23?. The maximum Gasteiger partial charge on any atom is 0.303 e. The summed E-state index contributed by atoms with van der Waals surface area (Å²) in [6, 6.07) is 16.5. The van der Waals surface area contributed by atoms with Crippen LogP contribution in [0.4, 0.5) is 5.69 Å². The van der Waals surface area contributed by atoms with Crippen LogP contribution in [-0.2, 0) is 15.6 Å². The molecule has 5 nitrogen and oxygen atoms in total. The molecule has 0 unspecified atom stereocenters. The van der Waals surface area contributed by atoms with Gasteiger partial charge in [0.25, 0.3) is 0 Å². The number of nitrogens with two attached hydrogens (primary N) is 1. The Morgan fingerprint density at radius 3 is 2.57 bits per heavy atom. The van der Waals surface area contributed by atoms with Crippen LogP contribution in [0.25, 0.3) is 17.4 Å². The molecule has 4 rings (SSSR count). The zero-order valence-electron chi connectivity index (χ0n) is 22.7. The molecule has 2 aliphatic heterocycles. The van der Waals surface area contributed by atoms with E-state index in [-0.39, 0.29) is 17.3 Å². The van der Waals surface area contributed by atoms with E-state index in [1.807, 2.05) is 18.2 Å². The number of nitrogens with zero attached hydrogens (tertiary/aromatic N) is 1. The molecule has 0 fully saturated rings. The fraction of sp³-hybridized carbons (Fsp3) is 0.375. The van der Waals surface area contributed by atoms with Gasteiger partial charge in [-0.1, -0.05) is 71.4 Å². The molecular weight excluding hydrogens is 460 g/mol. The first kappa shape index (κ1) is 26.5. The first-order valence-corrected chi connectivity index (χ1v) is 13.1. The Hall–Kier alpha value is -3.60. The third-order valence-electron chi connectivity index (χ3n) is 7.16. The lowest BCUT2D eigenvalue weighted by atomic mass is 9.83. The average Bonchev–Trinajstić information content (AvgIpc) is 3.04. The SMILES string of the molecule is CC(C)(C)c1cc(/C=C/C=C2/N(CCCCCC(=O)O)c3ccccc3C2(C)C)c2ccc(=[NH2+])cc-2o1. The molecule has 0 saturated heterocycles. The summed E-state index contributed by atoms with van der Waals surface area (Å²) in [6.45, 7) is 11.8. The van der Waals surface area contributed by atoms with Crippen LogP contribution in [0.2, 0.25) is 0 Å². The lowest BCUT2D eigenvalue weighted by Gasteiger charge is -2.27. The van der Waals surface area contributed by atoms with Gasteiger partial charge in [-0.15, -0.1) is 0 Å². The number of rotatable bonds is 8. The van der Waals surface area contributed by atoms with Gasteiger partial charge in [-0.25, -0.2) is 0 Å². The molecule has 0 aromatic heterocycles. The van der Waals surface area contributed by atoms with Crippen molar-refractivity contribution in [2.75, 3.05) is 11.4 Å². The molecule has 0 amide bonds. The van der Waals surface area contributed by atoms with Crippen LogP contribution in [0.1, 0.15) is 77.2 Å². The number of aliphatic carboxylic acids is 1. The second-order valence-electron chi connectivity index (χ2n) is 11.5. The van der Waals surface area contributed by atoms with Crippen molar-refractivity contribution < 1.29 is 19.7 Å². The van der Waals surface area contributed by atoms with Gasteiger partial charge in [0.05, 0.1) is 6.07 Å². The van der Waals surface area contributed by atoms with Crippen molar-refractivity contribution in [1.82, 2.24) is 0 Å². The number of para-hydroxylation sites is 1. The minimum absolute atomic E-state index is 0.133. The van der Waals surface area contributed by atoms with Gasteiger partial charge in [0.15, 0.2) is 5.36 Å². The summed E-state index contributed by atoms with van der Waals surface area (Å²) in [4.78, 5) is 13.3. The maximum absolute atomic E-state index is 10.9. The maximum atomic E-state index is 10.9. The van der Waals surface area contributed by atoms with Crippen LogP contribution in [0, 0.1) is 0 Å². The van der Waals surface area contributed by atoms with E-state index in [0.29, 0.717) is 11.8 Å². The van der Waals surface area contributed by atoms with Crippen molar-refractivity contribution in [3.63, 3.8) is 0 Å². The molecule has 194 valence electrons. The molecule has 0 radical (unpaired) electrons. The molecule has 5 heteroatoms. The molecule has 0 atom stereocenters. The van der Waals surface area contributed by atoms with E-state index in [2.05, 4.69) is 88.1 Å². The number of fused-ring (bicyclic) bond motifs is 2. The van der Waals surface area contributed by atoms with Crippen LogP contribution < -0.4 is 15.7 Å². The molecule has 0 saturated carbocycles. The summed E-state index contributed by atoms with van der Waals surface area (Å²) in [6.07, 6.45) is 9.29. The number of carboxylic acid groups (broad SMARTS) is 1. The largest absolute Gasteiger partial charge is 0.481 e. The fourth-order valence-electron chi connectivity index (χ4n) is 5.08. The zero-order valence-corrected chi connectivity index (χ0v) is 22.7. The fourth-order valence-corrected chi connectivity index (χ4v) is 5.08. The van der Waals surface area contributed by atoms with Crippen molar-refractivity contribution in [1.29, 1.82) is 0 Å². The highest BCUT2D eigenvalue weighted by atomic mass is 16.4. The van der Waals surface area contributed by atoms with Gasteiger partial charge in [0.2, 0.25) is 0 Å². The van der Waals surface area contributed by atoms with E-state index >= 15 is 0 Å². The number of anilines is 1. The molecule has 3 N–H and O–H groups in total. The predicted molar refractivity (Wildman–Crippen MR) is 149 cm³/mol. The van der Waals surface area contributed by atoms with Crippen molar-refractivity contribution in [2.45, 2.75) is 71.1 Å². The predicted octanol–water partition coefficient (Wildman–Crippen LogP) is 5.68. The highest BCUT2D eigenvalue weighted by Crippen LogP contribution is 2.47. The molecule has 2 heterocycles. The number of hydrogen-bond acceptors (Lipinski definition) is 3. The van der Waals surface area contributed by atoms with Gasteiger partial charge >= 0.3 is 5.97 Å². The van der Waals surface area contributed by atoms with Gasteiger partial charge in [-0.05, 0) is 48.2 Å². The molecule has 1 aromatic rings. The lowest BCUT2D eigenvalue weighted by Crippen LogP contribution is -2.44. The average molecular weight is 500 g/mol. The van der Waals surface area contributed by atoms with Crippen molar-refractivity contribution >= 4 is 17.7 Å². The summed E-state index contributed by atoms with van der Waals surface area (Å²) >= 11 is 0. The molecule has 0 bridgehead atoms. The van der Waals surface area contributed by atoms with Crippen molar-refractivity contribution in [3.8, 4) is 11.3 Å². The van der Waals surface area contributed by atoms with Gasteiger partial charge in [-0.3, -0.25) is 10.2 Å². The first-order chi connectivity index (χ1) is 17.5. The number of carbonyl (C=O) groups is 1. The number of hydrogen-bond donors (Lipinski definition) is 2. The third-order valence-corrected chi connectivity index (χ3v) is 7.16. The monoisotopic (exact) mass is 499 g/mol. The van der Waals surface area contributed by atoms with Gasteiger partial charge in [0.1, 0.15) is 11.5 Å². The van der Waals surface area contributed by atoms with Gasteiger partial charge < -0.3 is 14.4 Å². The Morgan fingerprint density at radius 2 is 1.84 bits per heavy atom. The Labute approximate surface area is 220 Å². The Morgan fingerprint density at radius 1 is 1.08 bits per heavy atom. The summed E-state index contributed by atoms with van der Waals surface area (Å²) in [5.74, 6) is 0.975. The van der Waals surface area contributed by atoms with E-state index in [4.69, 9.17) is 14.9 Å². The smallest absolute Gasteiger partial charge is 0.303 e. The Kier molecular flexibility index (Phi) is 7.44. The Balaban J connectivity index is 1.68. The van der Waals surface area contributed by atoms with E-state index in [1.165, 1.54) is 16.9 Å². The first-order valence-electron chi connectivity index (χ1n) is 13.1. The summed E-state index contributed by atoms with van der Waals surface area (Å²) in [5, 5.41) is 15.7. The molecule has 0 spiro atoms. The number of carboxylic acids is 1. The van der Waals surface area contributed by atoms with Crippen molar-refractivity contribution in [3.05, 3.63) is 88.6 Å². The Bertz CT molecular complexity index is 1370. The topological polar surface area (TPSA) is 79.3 Å².